The number of hydrogen-bond donors (Lipinski definition) is 1. The molecule has 7 heteroatoms. The average Bonchev–Trinajstić information content (AvgIpc) is 3.01. The summed E-state index contributed by atoms with van der Waals surface area (Å²) in [4.78, 5) is 26.3. The monoisotopic (exact) mass is 328 g/mol. The molecule has 0 amide bonds. The number of aromatic nitrogens is 2. The summed E-state index contributed by atoms with van der Waals surface area (Å²) in [5.74, 6) is -1.72. The fourth-order valence-corrected chi connectivity index (χ4v) is 2.27. The van der Waals surface area contributed by atoms with Crippen LogP contribution in [0.1, 0.15) is 27.6 Å². The Kier molecular flexibility index (Phi) is 4.24. The molecule has 1 aromatic carbocycles. The van der Waals surface area contributed by atoms with Crippen LogP contribution in [0, 0.1) is 5.82 Å². The van der Waals surface area contributed by atoms with E-state index in [1.54, 1.807) is 30.5 Å². The molecule has 0 fully saturated rings. The van der Waals surface area contributed by atoms with Gasteiger partial charge in [0, 0.05) is 24.2 Å². The van der Waals surface area contributed by atoms with Crippen LogP contribution >= 0.6 is 0 Å². The Morgan fingerprint density at radius 2 is 2.12 bits per heavy atom. The van der Waals surface area contributed by atoms with E-state index in [0.29, 0.717) is 11.1 Å². The number of halogens is 1. The smallest absolute Gasteiger partial charge is 0.373 e. The zero-order valence-electron chi connectivity index (χ0n) is 12.5. The summed E-state index contributed by atoms with van der Waals surface area (Å²) in [6, 6.07) is 9.35. The Hall–Kier alpha value is -3.22. The topological polar surface area (TPSA) is 85.3 Å². The van der Waals surface area contributed by atoms with Gasteiger partial charge in [-0.2, -0.15) is 0 Å². The second-order valence-electron chi connectivity index (χ2n) is 5.19. The van der Waals surface area contributed by atoms with Crippen molar-refractivity contribution < 1.29 is 18.7 Å². The zero-order valence-corrected chi connectivity index (χ0v) is 12.5. The lowest BCUT2D eigenvalue weighted by Crippen LogP contribution is -2.18. The fraction of sp³-hybridized carbons (Fsp3) is 0.118. The van der Waals surface area contributed by atoms with Gasteiger partial charge in [0.05, 0.1) is 12.7 Å². The molecule has 0 aliphatic heterocycles. The zero-order chi connectivity index (χ0) is 17.1. The number of carboxylic acids is 1. The fourth-order valence-electron chi connectivity index (χ4n) is 2.27. The standard InChI is InChI=1S/C17H13FN2O4/c18-13-7-11(8-15-19-9-14(24-15)17(22)23)4-5-12(13)10-20-6-2-1-3-16(20)21/h1-7,9H,8,10H2,(H,22,23). The van der Waals surface area contributed by atoms with Crippen LogP contribution < -0.4 is 5.56 Å². The lowest BCUT2D eigenvalue weighted by molar-refractivity contribution is 0.0660. The molecule has 0 unspecified atom stereocenters. The quantitative estimate of drug-likeness (QED) is 0.777. The number of aromatic carboxylic acids is 1. The third kappa shape index (κ3) is 3.40. The van der Waals surface area contributed by atoms with E-state index in [4.69, 9.17) is 9.52 Å². The number of benzene rings is 1. The predicted molar refractivity (Wildman–Crippen MR) is 82.5 cm³/mol. The minimum Gasteiger partial charge on any atom is -0.475 e. The molecule has 24 heavy (non-hydrogen) atoms. The van der Waals surface area contributed by atoms with Gasteiger partial charge in [0.2, 0.25) is 5.76 Å². The Morgan fingerprint density at radius 1 is 1.29 bits per heavy atom. The van der Waals surface area contributed by atoms with Gasteiger partial charge in [-0.15, -0.1) is 0 Å². The van der Waals surface area contributed by atoms with Crippen LogP contribution in [0.4, 0.5) is 4.39 Å². The highest BCUT2D eigenvalue weighted by molar-refractivity contribution is 5.83. The second kappa shape index (κ2) is 6.49. The van der Waals surface area contributed by atoms with E-state index >= 15 is 0 Å². The lowest BCUT2D eigenvalue weighted by atomic mass is 10.1. The maximum atomic E-state index is 14.2. The number of pyridine rings is 1. The number of oxazole rings is 1. The molecular formula is C17H13FN2O4. The number of rotatable bonds is 5. The van der Waals surface area contributed by atoms with E-state index in [9.17, 15) is 14.0 Å². The van der Waals surface area contributed by atoms with Gasteiger partial charge in [-0.25, -0.2) is 14.2 Å². The third-order valence-corrected chi connectivity index (χ3v) is 3.48. The summed E-state index contributed by atoms with van der Waals surface area (Å²) in [6.07, 6.45) is 2.88. The second-order valence-corrected chi connectivity index (χ2v) is 5.19. The van der Waals surface area contributed by atoms with Gasteiger partial charge in [0.25, 0.3) is 5.56 Å². The summed E-state index contributed by atoms with van der Waals surface area (Å²) >= 11 is 0. The van der Waals surface area contributed by atoms with Crippen molar-refractivity contribution >= 4 is 5.97 Å². The summed E-state index contributed by atoms with van der Waals surface area (Å²) in [5, 5.41) is 8.79. The first-order chi connectivity index (χ1) is 11.5. The van der Waals surface area contributed by atoms with Crippen molar-refractivity contribution in [3.8, 4) is 0 Å². The van der Waals surface area contributed by atoms with Gasteiger partial charge in [-0.1, -0.05) is 18.2 Å². The van der Waals surface area contributed by atoms with E-state index in [1.165, 1.54) is 16.7 Å². The Bertz CT molecular complexity index is 946. The van der Waals surface area contributed by atoms with E-state index in [2.05, 4.69) is 4.98 Å². The molecule has 0 aliphatic rings. The Labute approximate surface area is 135 Å². The first kappa shape index (κ1) is 15.7. The molecule has 0 atom stereocenters. The van der Waals surface area contributed by atoms with Crippen molar-refractivity contribution in [2.75, 3.05) is 0 Å². The van der Waals surface area contributed by atoms with Gasteiger partial charge in [-0.3, -0.25) is 4.79 Å². The molecule has 6 nitrogen and oxygen atoms in total. The van der Waals surface area contributed by atoms with Crippen LogP contribution in [0.5, 0.6) is 0 Å². The van der Waals surface area contributed by atoms with Crippen molar-refractivity contribution in [1.29, 1.82) is 0 Å². The number of hydrogen-bond acceptors (Lipinski definition) is 4. The van der Waals surface area contributed by atoms with E-state index in [0.717, 1.165) is 6.20 Å². The van der Waals surface area contributed by atoms with E-state index < -0.39 is 11.8 Å². The first-order valence-electron chi connectivity index (χ1n) is 7.13. The Morgan fingerprint density at radius 3 is 2.79 bits per heavy atom. The van der Waals surface area contributed by atoms with Gasteiger partial charge < -0.3 is 14.1 Å². The van der Waals surface area contributed by atoms with Gasteiger partial charge >= 0.3 is 5.97 Å². The summed E-state index contributed by atoms with van der Waals surface area (Å²) < 4.78 is 20.7. The van der Waals surface area contributed by atoms with Gasteiger partial charge in [0.15, 0.2) is 5.89 Å². The molecular weight excluding hydrogens is 315 g/mol. The first-order valence-corrected chi connectivity index (χ1v) is 7.13. The van der Waals surface area contributed by atoms with Crippen molar-refractivity contribution in [2.24, 2.45) is 0 Å². The highest BCUT2D eigenvalue weighted by Crippen LogP contribution is 2.15. The molecule has 0 bridgehead atoms. The Balaban J connectivity index is 1.78. The van der Waals surface area contributed by atoms with Crippen LogP contribution in [0.25, 0.3) is 0 Å². The molecule has 0 saturated carbocycles. The molecule has 122 valence electrons. The third-order valence-electron chi connectivity index (χ3n) is 3.48. The number of nitrogens with zero attached hydrogens (tertiary/aromatic N) is 2. The van der Waals surface area contributed by atoms with Crippen LogP contribution in [-0.2, 0) is 13.0 Å². The molecule has 1 N–H and O–H groups in total. The highest BCUT2D eigenvalue weighted by Gasteiger charge is 2.12. The highest BCUT2D eigenvalue weighted by atomic mass is 19.1. The molecule has 3 rings (SSSR count). The minimum atomic E-state index is -1.21. The maximum Gasteiger partial charge on any atom is 0.373 e. The minimum absolute atomic E-state index is 0.133. The molecule has 0 aliphatic carbocycles. The van der Waals surface area contributed by atoms with Crippen molar-refractivity contribution in [2.45, 2.75) is 13.0 Å². The summed E-state index contributed by atoms with van der Waals surface area (Å²) in [7, 11) is 0. The van der Waals surface area contributed by atoms with Crippen molar-refractivity contribution in [1.82, 2.24) is 9.55 Å². The van der Waals surface area contributed by atoms with Crippen LogP contribution in [-0.4, -0.2) is 20.6 Å². The van der Waals surface area contributed by atoms with Gasteiger partial charge in [0.1, 0.15) is 5.82 Å². The normalized spacial score (nSPS) is 10.7. The lowest BCUT2D eigenvalue weighted by Gasteiger charge is -2.07. The molecule has 0 radical (unpaired) electrons. The van der Waals surface area contributed by atoms with Crippen LogP contribution in [0.3, 0.4) is 0 Å². The summed E-state index contributed by atoms with van der Waals surface area (Å²) in [5.41, 5.74) is 0.767. The molecule has 2 heterocycles. The molecule has 3 aromatic rings. The molecule has 0 saturated heterocycles. The largest absolute Gasteiger partial charge is 0.475 e. The van der Waals surface area contributed by atoms with Crippen LogP contribution in [0.2, 0.25) is 0 Å². The van der Waals surface area contributed by atoms with E-state index in [1.807, 2.05) is 0 Å². The van der Waals surface area contributed by atoms with E-state index in [-0.39, 0.29) is 30.2 Å². The number of carbonyl (C=O) groups is 1. The number of carboxylic acid groups (broad SMARTS) is 1. The average molecular weight is 328 g/mol. The SMILES string of the molecule is O=C(O)c1cnc(Cc2ccc(Cn3ccccc3=O)c(F)c2)o1. The van der Waals surface area contributed by atoms with Crippen molar-refractivity contribution in [3.63, 3.8) is 0 Å². The molecule has 2 aromatic heterocycles. The maximum absolute atomic E-state index is 14.2. The van der Waals surface area contributed by atoms with Gasteiger partial charge in [-0.05, 0) is 17.7 Å². The predicted octanol–water partition coefficient (Wildman–Crippen LogP) is 2.31. The summed E-state index contributed by atoms with van der Waals surface area (Å²) in [6.45, 7) is 0.133. The van der Waals surface area contributed by atoms with Crippen LogP contribution in [0.15, 0.2) is 58.0 Å². The molecule has 0 spiro atoms. The van der Waals surface area contributed by atoms with Crippen molar-refractivity contribution in [3.05, 3.63) is 87.7 Å².